The molecule has 1 saturated carbocycles. The first-order valence-corrected chi connectivity index (χ1v) is 8.81. The third-order valence-electron chi connectivity index (χ3n) is 4.68. The summed E-state index contributed by atoms with van der Waals surface area (Å²) in [6, 6.07) is -0.103. The molecule has 0 bridgehead atoms. The predicted molar refractivity (Wildman–Crippen MR) is 89.0 cm³/mol. The van der Waals surface area contributed by atoms with E-state index in [1.165, 1.54) is 0 Å². The van der Waals surface area contributed by atoms with Gasteiger partial charge in [-0.1, -0.05) is 6.42 Å². The van der Waals surface area contributed by atoms with Gasteiger partial charge in [0.05, 0.1) is 11.6 Å². The van der Waals surface area contributed by atoms with Gasteiger partial charge in [0.25, 0.3) is 0 Å². The van der Waals surface area contributed by atoms with Crippen LogP contribution in [0.1, 0.15) is 58.8 Å². The fraction of sp³-hybridized carbons (Fsp3) is 0.824. The van der Waals surface area contributed by atoms with Crippen molar-refractivity contribution in [2.75, 3.05) is 6.54 Å². The molecule has 24 heavy (non-hydrogen) atoms. The molecule has 7 heteroatoms. The highest BCUT2D eigenvalue weighted by molar-refractivity contribution is 5.81. The number of carbonyl (C=O) groups is 3. The second-order valence-corrected chi connectivity index (χ2v) is 7.69. The molecule has 2 rings (SSSR count). The Morgan fingerprint density at radius 1 is 1.29 bits per heavy atom. The topological polar surface area (TPSA) is 108 Å². The molecule has 1 heterocycles. The normalized spacial score (nSPS) is 27.5. The van der Waals surface area contributed by atoms with Crippen molar-refractivity contribution < 1.29 is 19.5 Å². The summed E-state index contributed by atoms with van der Waals surface area (Å²) >= 11 is 0. The van der Waals surface area contributed by atoms with Crippen LogP contribution in [0.2, 0.25) is 0 Å². The van der Waals surface area contributed by atoms with Crippen molar-refractivity contribution in [2.24, 2.45) is 5.92 Å². The first-order valence-electron chi connectivity index (χ1n) is 8.81. The molecule has 1 aliphatic heterocycles. The summed E-state index contributed by atoms with van der Waals surface area (Å²) in [5, 5.41) is 17.9. The standard InChI is InChI=1S/C17H29N3O4/c1-17(2,20-16(24)11-7-13(21)8-11)10-18-15(23)9-12-5-3-4-6-14(22)19-12/h11-13,21H,3-10H2,1-2H3,(H,18,23)(H,19,22)(H,20,24). The molecule has 7 nitrogen and oxygen atoms in total. The molecule has 0 aromatic heterocycles. The van der Waals surface area contributed by atoms with Gasteiger partial charge in [-0.05, 0) is 39.5 Å². The van der Waals surface area contributed by atoms with Crippen LogP contribution in [0.3, 0.4) is 0 Å². The van der Waals surface area contributed by atoms with E-state index in [0.29, 0.717) is 25.8 Å². The van der Waals surface area contributed by atoms with Gasteiger partial charge in [0.2, 0.25) is 17.7 Å². The minimum absolute atomic E-state index is 0.0144. The van der Waals surface area contributed by atoms with Gasteiger partial charge < -0.3 is 21.1 Å². The predicted octanol–water partition coefficient (Wildman–Crippen LogP) is 0.217. The van der Waals surface area contributed by atoms with Crippen molar-refractivity contribution in [3.8, 4) is 0 Å². The second kappa shape index (κ2) is 7.96. The Bertz CT molecular complexity index is 486. The Hall–Kier alpha value is -1.63. The average molecular weight is 339 g/mol. The van der Waals surface area contributed by atoms with Crippen LogP contribution in [-0.2, 0) is 14.4 Å². The smallest absolute Gasteiger partial charge is 0.223 e. The van der Waals surface area contributed by atoms with Gasteiger partial charge in [-0.3, -0.25) is 14.4 Å². The zero-order chi connectivity index (χ0) is 17.7. The SMILES string of the molecule is CC(C)(CNC(=O)CC1CCCCC(=O)N1)NC(=O)C1CC(O)C1. The Morgan fingerprint density at radius 3 is 2.67 bits per heavy atom. The quantitative estimate of drug-likeness (QED) is 0.555. The van der Waals surface area contributed by atoms with Gasteiger partial charge in [-0.2, -0.15) is 0 Å². The summed E-state index contributed by atoms with van der Waals surface area (Å²) < 4.78 is 0. The molecular formula is C17H29N3O4. The first-order chi connectivity index (χ1) is 11.2. The lowest BCUT2D eigenvalue weighted by atomic mass is 9.81. The molecular weight excluding hydrogens is 310 g/mol. The molecule has 0 radical (unpaired) electrons. The maximum Gasteiger partial charge on any atom is 0.223 e. The molecule has 2 aliphatic rings. The van der Waals surface area contributed by atoms with Gasteiger partial charge in [-0.25, -0.2) is 0 Å². The molecule has 4 N–H and O–H groups in total. The highest BCUT2D eigenvalue weighted by Crippen LogP contribution is 2.27. The Balaban J connectivity index is 1.71. The van der Waals surface area contributed by atoms with Crippen molar-refractivity contribution in [3.63, 3.8) is 0 Å². The largest absolute Gasteiger partial charge is 0.393 e. The lowest BCUT2D eigenvalue weighted by Gasteiger charge is -2.34. The van der Waals surface area contributed by atoms with E-state index in [1.807, 2.05) is 13.8 Å². The van der Waals surface area contributed by atoms with E-state index in [9.17, 15) is 19.5 Å². The molecule has 0 aromatic carbocycles. The fourth-order valence-electron chi connectivity index (χ4n) is 3.10. The summed E-state index contributed by atoms with van der Waals surface area (Å²) in [6.07, 6.45) is 4.11. The van der Waals surface area contributed by atoms with Crippen LogP contribution in [0.5, 0.6) is 0 Å². The van der Waals surface area contributed by atoms with E-state index >= 15 is 0 Å². The van der Waals surface area contributed by atoms with Crippen molar-refractivity contribution in [1.29, 1.82) is 0 Å². The van der Waals surface area contributed by atoms with Gasteiger partial charge in [-0.15, -0.1) is 0 Å². The number of hydrogen-bond donors (Lipinski definition) is 4. The molecule has 2 fully saturated rings. The maximum atomic E-state index is 12.1. The molecule has 0 spiro atoms. The van der Waals surface area contributed by atoms with Crippen LogP contribution < -0.4 is 16.0 Å². The lowest BCUT2D eigenvalue weighted by Crippen LogP contribution is -2.55. The number of aliphatic hydroxyl groups is 1. The van der Waals surface area contributed by atoms with Crippen LogP contribution in [0.4, 0.5) is 0 Å². The number of hydrogen-bond acceptors (Lipinski definition) is 4. The second-order valence-electron chi connectivity index (χ2n) is 7.69. The van der Waals surface area contributed by atoms with E-state index in [1.54, 1.807) is 0 Å². The fourth-order valence-corrected chi connectivity index (χ4v) is 3.10. The lowest BCUT2D eigenvalue weighted by molar-refractivity contribution is -0.133. The molecule has 0 aromatic rings. The molecule has 1 unspecified atom stereocenters. The highest BCUT2D eigenvalue weighted by Gasteiger charge is 2.35. The monoisotopic (exact) mass is 339 g/mol. The average Bonchev–Trinajstić information content (AvgIpc) is 2.65. The summed E-state index contributed by atoms with van der Waals surface area (Å²) in [6.45, 7) is 4.04. The number of rotatable bonds is 6. The first kappa shape index (κ1) is 18.7. The van der Waals surface area contributed by atoms with E-state index in [4.69, 9.17) is 0 Å². The van der Waals surface area contributed by atoms with Crippen LogP contribution in [-0.4, -0.2) is 47.1 Å². The summed E-state index contributed by atoms with van der Waals surface area (Å²) in [5.74, 6) is -0.309. The van der Waals surface area contributed by atoms with E-state index < -0.39 is 5.54 Å². The van der Waals surface area contributed by atoms with Gasteiger partial charge in [0.15, 0.2) is 0 Å². The maximum absolute atomic E-state index is 12.1. The number of nitrogens with one attached hydrogen (secondary N) is 3. The molecule has 1 aliphatic carbocycles. The van der Waals surface area contributed by atoms with Crippen LogP contribution >= 0.6 is 0 Å². The summed E-state index contributed by atoms with van der Waals surface area (Å²) in [5.41, 5.74) is -0.556. The Morgan fingerprint density at radius 2 is 2.00 bits per heavy atom. The molecule has 3 amide bonds. The molecule has 136 valence electrons. The van der Waals surface area contributed by atoms with Crippen molar-refractivity contribution in [3.05, 3.63) is 0 Å². The zero-order valence-corrected chi connectivity index (χ0v) is 14.6. The minimum atomic E-state index is -0.556. The van der Waals surface area contributed by atoms with E-state index in [2.05, 4.69) is 16.0 Å². The third kappa shape index (κ3) is 5.78. The van der Waals surface area contributed by atoms with Crippen LogP contribution in [0.25, 0.3) is 0 Å². The Labute approximate surface area is 142 Å². The number of carbonyl (C=O) groups excluding carboxylic acids is 3. The number of aliphatic hydroxyl groups excluding tert-OH is 1. The Kier molecular flexibility index (Phi) is 6.21. The van der Waals surface area contributed by atoms with Gasteiger partial charge >= 0.3 is 0 Å². The van der Waals surface area contributed by atoms with Crippen LogP contribution in [0, 0.1) is 5.92 Å². The third-order valence-corrected chi connectivity index (χ3v) is 4.68. The summed E-state index contributed by atoms with van der Waals surface area (Å²) in [7, 11) is 0. The van der Waals surface area contributed by atoms with Gasteiger partial charge in [0.1, 0.15) is 0 Å². The number of amides is 3. The van der Waals surface area contributed by atoms with Crippen LogP contribution in [0.15, 0.2) is 0 Å². The molecule has 1 saturated heterocycles. The van der Waals surface area contributed by atoms with Crippen molar-refractivity contribution in [2.45, 2.75) is 76.5 Å². The van der Waals surface area contributed by atoms with E-state index in [-0.39, 0.29) is 42.2 Å². The molecule has 1 atom stereocenters. The minimum Gasteiger partial charge on any atom is -0.393 e. The van der Waals surface area contributed by atoms with Crippen molar-refractivity contribution in [1.82, 2.24) is 16.0 Å². The highest BCUT2D eigenvalue weighted by atomic mass is 16.3. The van der Waals surface area contributed by atoms with E-state index in [0.717, 1.165) is 19.3 Å². The van der Waals surface area contributed by atoms with Gasteiger partial charge in [0, 0.05) is 31.3 Å². The van der Waals surface area contributed by atoms with Crippen molar-refractivity contribution >= 4 is 17.7 Å². The summed E-state index contributed by atoms with van der Waals surface area (Å²) in [4.78, 5) is 35.7. The zero-order valence-electron chi connectivity index (χ0n) is 14.6.